The van der Waals surface area contributed by atoms with Crippen LogP contribution in [0, 0.1) is 0 Å². The standard InChI is InChI=1S/C14H20N2O4/c1-16(8-9-20-2)14(19)15-12(10-13(17)18)11-6-4-3-5-7-11/h3-7,12H,8-10H2,1-2H3,(H,15,19)(H,17,18). The number of urea groups is 1. The molecule has 0 radical (unpaired) electrons. The molecule has 2 N–H and O–H groups in total. The number of methoxy groups -OCH3 is 1. The molecule has 0 aliphatic rings. The molecule has 1 unspecified atom stereocenters. The van der Waals surface area contributed by atoms with Crippen LogP contribution < -0.4 is 5.32 Å². The van der Waals surface area contributed by atoms with Gasteiger partial charge < -0.3 is 20.1 Å². The number of aliphatic carboxylic acids is 1. The van der Waals surface area contributed by atoms with E-state index in [1.807, 2.05) is 18.2 Å². The van der Waals surface area contributed by atoms with Crippen LogP contribution in [0.4, 0.5) is 4.79 Å². The number of rotatable bonds is 7. The summed E-state index contributed by atoms with van der Waals surface area (Å²) in [7, 11) is 3.19. The summed E-state index contributed by atoms with van der Waals surface area (Å²) in [6.45, 7) is 0.871. The van der Waals surface area contributed by atoms with E-state index < -0.39 is 12.0 Å². The molecule has 0 saturated carbocycles. The van der Waals surface area contributed by atoms with Gasteiger partial charge in [0, 0.05) is 20.7 Å². The first-order valence-electron chi connectivity index (χ1n) is 6.32. The molecule has 1 rings (SSSR count). The van der Waals surface area contributed by atoms with Crippen molar-refractivity contribution in [1.29, 1.82) is 0 Å². The zero-order valence-electron chi connectivity index (χ0n) is 11.7. The van der Waals surface area contributed by atoms with Crippen LogP contribution in [0.25, 0.3) is 0 Å². The molecule has 0 bridgehead atoms. The molecule has 0 heterocycles. The average Bonchev–Trinajstić information content (AvgIpc) is 2.44. The van der Waals surface area contributed by atoms with E-state index in [4.69, 9.17) is 9.84 Å². The highest BCUT2D eigenvalue weighted by Crippen LogP contribution is 2.16. The number of amides is 2. The fourth-order valence-corrected chi connectivity index (χ4v) is 1.70. The highest BCUT2D eigenvalue weighted by molar-refractivity contribution is 5.76. The molecule has 0 saturated heterocycles. The number of nitrogens with zero attached hydrogens (tertiary/aromatic N) is 1. The molecular weight excluding hydrogens is 260 g/mol. The van der Waals surface area contributed by atoms with Crippen molar-refractivity contribution >= 4 is 12.0 Å². The smallest absolute Gasteiger partial charge is 0.317 e. The van der Waals surface area contributed by atoms with E-state index in [9.17, 15) is 9.59 Å². The van der Waals surface area contributed by atoms with Crippen molar-refractivity contribution in [3.63, 3.8) is 0 Å². The lowest BCUT2D eigenvalue weighted by molar-refractivity contribution is -0.137. The SMILES string of the molecule is COCCN(C)C(=O)NC(CC(=O)O)c1ccccc1. The number of likely N-dealkylation sites (N-methyl/N-ethyl adjacent to an activating group) is 1. The van der Waals surface area contributed by atoms with Gasteiger partial charge in [0.1, 0.15) is 0 Å². The molecule has 0 spiro atoms. The lowest BCUT2D eigenvalue weighted by Crippen LogP contribution is -2.41. The van der Waals surface area contributed by atoms with Gasteiger partial charge in [0.05, 0.1) is 19.1 Å². The fraction of sp³-hybridized carbons (Fsp3) is 0.429. The highest BCUT2D eigenvalue weighted by atomic mass is 16.5. The van der Waals surface area contributed by atoms with E-state index >= 15 is 0 Å². The van der Waals surface area contributed by atoms with Gasteiger partial charge >= 0.3 is 12.0 Å². The Morgan fingerprint density at radius 2 is 2.00 bits per heavy atom. The number of hydrogen-bond donors (Lipinski definition) is 2. The molecule has 1 aromatic carbocycles. The largest absolute Gasteiger partial charge is 0.481 e. The second kappa shape index (κ2) is 8.16. The summed E-state index contributed by atoms with van der Waals surface area (Å²) >= 11 is 0. The van der Waals surface area contributed by atoms with E-state index in [0.29, 0.717) is 13.2 Å². The van der Waals surface area contributed by atoms with Gasteiger partial charge in [-0.15, -0.1) is 0 Å². The maximum Gasteiger partial charge on any atom is 0.317 e. The fourth-order valence-electron chi connectivity index (χ4n) is 1.70. The minimum Gasteiger partial charge on any atom is -0.481 e. The minimum atomic E-state index is -0.960. The Balaban J connectivity index is 2.70. The number of carboxylic acids is 1. The zero-order valence-corrected chi connectivity index (χ0v) is 11.7. The van der Waals surface area contributed by atoms with E-state index in [1.165, 1.54) is 4.90 Å². The van der Waals surface area contributed by atoms with Gasteiger partial charge in [-0.2, -0.15) is 0 Å². The summed E-state index contributed by atoms with van der Waals surface area (Å²) < 4.78 is 4.90. The Bertz CT molecular complexity index is 436. The molecule has 0 aliphatic carbocycles. The highest BCUT2D eigenvalue weighted by Gasteiger charge is 2.19. The van der Waals surface area contributed by atoms with Crippen molar-refractivity contribution < 1.29 is 19.4 Å². The zero-order chi connectivity index (χ0) is 15.0. The second-order valence-electron chi connectivity index (χ2n) is 4.42. The van der Waals surface area contributed by atoms with E-state index in [0.717, 1.165) is 5.56 Å². The van der Waals surface area contributed by atoms with Gasteiger partial charge in [-0.3, -0.25) is 4.79 Å². The van der Waals surface area contributed by atoms with E-state index in [2.05, 4.69) is 5.32 Å². The monoisotopic (exact) mass is 280 g/mol. The van der Waals surface area contributed by atoms with Gasteiger partial charge in [-0.05, 0) is 5.56 Å². The summed E-state index contributed by atoms with van der Waals surface area (Å²) in [6.07, 6.45) is -0.159. The van der Waals surface area contributed by atoms with Crippen LogP contribution in [-0.2, 0) is 9.53 Å². The summed E-state index contributed by atoms with van der Waals surface area (Å²) in [4.78, 5) is 24.4. The van der Waals surface area contributed by atoms with Gasteiger partial charge in [-0.1, -0.05) is 30.3 Å². The Hall–Kier alpha value is -2.08. The third kappa shape index (κ3) is 5.27. The molecule has 0 fully saturated rings. The Labute approximate surface area is 118 Å². The van der Waals surface area contributed by atoms with Crippen molar-refractivity contribution in [3.8, 4) is 0 Å². The lowest BCUT2D eigenvalue weighted by atomic mass is 10.0. The van der Waals surface area contributed by atoms with Crippen molar-refractivity contribution in [2.45, 2.75) is 12.5 Å². The predicted octanol–water partition coefficient (Wildman–Crippen LogP) is 1.49. The number of nitrogens with one attached hydrogen (secondary N) is 1. The predicted molar refractivity (Wildman–Crippen MR) is 74.5 cm³/mol. The third-order valence-electron chi connectivity index (χ3n) is 2.86. The molecular formula is C14H20N2O4. The topological polar surface area (TPSA) is 78.9 Å². The van der Waals surface area contributed by atoms with Crippen molar-refractivity contribution in [1.82, 2.24) is 10.2 Å². The van der Waals surface area contributed by atoms with Gasteiger partial charge in [0.25, 0.3) is 0 Å². The summed E-state index contributed by atoms with van der Waals surface area (Å²) in [5.41, 5.74) is 0.767. The van der Waals surface area contributed by atoms with Crippen LogP contribution in [0.2, 0.25) is 0 Å². The number of carboxylic acid groups (broad SMARTS) is 1. The third-order valence-corrected chi connectivity index (χ3v) is 2.86. The molecule has 0 aromatic heterocycles. The molecule has 2 amide bonds. The molecule has 20 heavy (non-hydrogen) atoms. The van der Waals surface area contributed by atoms with Crippen molar-refractivity contribution in [3.05, 3.63) is 35.9 Å². The number of benzene rings is 1. The minimum absolute atomic E-state index is 0.159. The average molecular weight is 280 g/mol. The summed E-state index contributed by atoms with van der Waals surface area (Å²) in [5, 5.41) is 11.7. The summed E-state index contributed by atoms with van der Waals surface area (Å²) in [6, 6.07) is 8.18. The number of carbonyl (C=O) groups is 2. The Morgan fingerprint density at radius 3 is 2.55 bits per heavy atom. The van der Waals surface area contributed by atoms with Crippen LogP contribution in [0.5, 0.6) is 0 Å². The summed E-state index contributed by atoms with van der Waals surface area (Å²) in [5.74, 6) is -0.960. The van der Waals surface area contributed by atoms with Crippen LogP contribution in [0.3, 0.4) is 0 Å². The maximum atomic E-state index is 12.0. The molecule has 110 valence electrons. The molecule has 1 aromatic rings. The van der Waals surface area contributed by atoms with Crippen LogP contribution >= 0.6 is 0 Å². The van der Waals surface area contributed by atoms with E-state index in [-0.39, 0.29) is 12.5 Å². The molecule has 6 heteroatoms. The van der Waals surface area contributed by atoms with Crippen LogP contribution in [0.15, 0.2) is 30.3 Å². The number of hydrogen-bond acceptors (Lipinski definition) is 3. The van der Waals surface area contributed by atoms with Crippen LogP contribution in [0.1, 0.15) is 18.0 Å². The van der Waals surface area contributed by atoms with E-state index in [1.54, 1.807) is 26.3 Å². The molecule has 1 atom stereocenters. The maximum absolute atomic E-state index is 12.0. The Morgan fingerprint density at radius 1 is 1.35 bits per heavy atom. The first-order chi connectivity index (χ1) is 9.54. The first-order valence-corrected chi connectivity index (χ1v) is 6.32. The van der Waals surface area contributed by atoms with Crippen molar-refractivity contribution in [2.75, 3.05) is 27.3 Å². The second-order valence-corrected chi connectivity index (χ2v) is 4.42. The van der Waals surface area contributed by atoms with Gasteiger partial charge in [-0.25, -0.2) is 4.79 Å². The normalized spacial score (nSPS) is 11.7. The lowest BCUT2D eigenvalue weighted by Gasteiger charge is -2.22. The van der Waals surface area contributed by atoms with Gasteiger partial charge in [0.2, 0.25) is 0 Å². The molecule has 6 nitrogen and oxygen atoms in total. The van der Waals surface area contributed by atoms with Gasteiger partial charge in [0.15, 0.2) is 0 Å². The quantitative estimate of drug-likeness (QED) is 0.793. The van der Waals surface area contributed by atoms with Crippen LogP contribution in [-0.4, -0.2) is 49.3 Å². The first kappa shape index (κ1) is 16.0. The number of ether oxygens (including phenoxy) is 1. The van der Waals surface area contributed by atoms with Crippen molar-refractivity contribution in [2.24, 2.45) is 0 Å². The Kier molecular flexibility index (Phi) is 6.52. The number of carbonyl (C=O) groups excluding carboxylic acids is 1. The molecule has 0 aliphatic heterocycles.